The Bertz CT molecular complexity index is 1320. The highest BCUT2D eigenvalue weighted by atomic mass is 19.4. The molecule has 0 aromatic heterocycles. The van der Waals surface area contributed by atoms with Gasteiger partial charge in [-0.3, -0.25) is 0 Å². The summed E-state index contributed by atoms with van der Waals surface area (Å²) in [4.78, 5) is 27.8. The maximum absolute atomic E-state index is 13.7. The third-order valence-corrected chi connectivity index (χ3v) is 8.10. The Morgan fingerprint density at radius 2 is 1.55 bits per heavy atom. The molecule has 6 nitrogen and oxygen atoms in total. The topological polar surface area (TPSA) is 65.1 Å². The van der Waals surface area contributed by atoms with E-state index in [-0.39, 0.29) is 24.5 Å². The summed E-state index contributed by atoms with van der Waals surface area (Å²) in [6.07, 6.45) is -12.4. The van der Waals surface area contributed by atoms with Crippen molar-refractivity contribution in [1.82, 2.24) is 4.90 Å². The number of carbonyl (C=O) groups is 2. The van der Waals surface area contributed by atoms with Gasteiger partial charge in [0.1, 0.15) is 5.60 Å². The normalized spacial score (nSPS) is 23.2. The van der Waals surface area contributed by atoms with Gasteiger partial charge in [0.15, 0.2) is 6.10 Å². The van der Waals surface area contributed by atoms with E-state index in [0.717, 1.165) is 11.1 Å². The number of hydrogen-bond donors (Lipinski definition) is 0. The van der Waals surface area contributed by atoms with Crippen LogP contribution in [-0.2, 0) is 31.4 Å². The number of ether oxygens (including phenoxy) is 3. The molecule has 12 heteroatoms. The Morgan fingerprint density at radius 1 is 0.932 bits per heavy atom. The standard InChI is InChI=1S/C32H37F6NO5/c1-6-42-28(40)27(20-13-21(31(33,34)35)15-22(14-20)32(36,37)38)43-25-12-11-19-16-39(29(41)44-30(3,4)5)17-24(19)26(25)23-10-8-7-9-18(23)2/h7-10,13-15,19,24-27H,6,11-12,16-17H2,1-5H3/t19-,24-,25+,26+,27-/m1/s1. The van der Waals surface area contributed by atoms with Crippen LogP contribution in [0.2, 0.25) is 0 Å². The fourth-order valence-corrected chi connectivity index (χ4v) is 6.26. The van der Waals surface area contributed by atoms with Crippen LogP contribution in [0.15, 0.2) is 42.5 Å². The lowest BCUT2D eigenvalue weighted by atomic mass is 9.68. The van der Waals surface area contributed by atoms with Crippen LogP contribution >= 0.6 is 0 Å². The summed E-state index contributed by atoms with van der Waals surface area (Å²) in [7, 11) is 0. The minimum atomic E-state index is -5.11. The molecule has 242 valence electrons. The minimum Gasteiger partial charge on any atom is -0.464 e. The summed E-state index contributed by atoms with van der Waals surface area (Å²) in [6.45, 7) is 9.24. The van der Waals surface area contributed by atoms with Crippen molar-refractivity contribution in [1.29, 1.82) is 0 Å². The first kappa shape index (κ1) is 33.6. The zero-order chi connectivity index (χ0) is 32.6. The SMILES string of the molecule is CCOC(=O)[C@H](O[C@H]1CC[C@@H]2CN(C(=O)OC(C)(C)C)C[C@H]2[C@@H]1c1ccccc1C)c1cc(C(F)(F)F)cc(C(F)(F)F)c1. The fourth-order valence-electron chi connectivity index (χ4n) is 6.26. The molecule has 2 aromatic carbocycles. The Hall–Kier alpha value is -3.28. The molecule has 44 heavy (non-hydrogen) atoms. The van der Waals surface area contributed by atoms with Crippen LogP contribution in [0.5, 0.6) is 0 Å². The fraction of sp³-hybridized carbons (Fsp3) is 0.562. The van der Waals surface area contributed by atoms with Gasteiger partial charge < -0.3 is 19.1 Å². The van der Waals surface area contributed by atoms with E-state index < -0.39 is 64.8 Å². The lowest BCUT2D eigenvalue weighted by molar-refractivity contribution is -0.165. The van der Waals surface area contributed by atoms with Crippen molar-refractivity contribution in [2.45, 2.75) is 83.5 Å². The molecular weight excluding hydrogens is 592 g/mol. The number of esters is 1. The number of alkyl halides is 6. The molecule has 4 rings (SSSR count). The molecule has 1 aliphatic heterocycles. The molecule has 2 aromatic rings. The second kappa shape index (κ2) is 12.6. The third kappa shape index (κ3) is 7.68. The number of hydrogen-bond acceptors (Lipinski definition) is 5. The molecule has 2 aliphatic rings. The number of halogens is 6. The number of aryl methyl sites for hydroxylation is 1. The summed E-state index contributed by atoms with van der Waals surface area (Å²) >= 11 is 0. The monoisotopic (exact) mass is 629 g/mol. The van der Waals surface area contributed by atoms with Crippen molar-refractivity contribution in [3.05, 3.63) is 70.3 Å². The molecule has 0 bridgehead atoms. The maximum Gasteiger partial charge on any atom is 0.416 e. The summed E-state index contributed by atoms with van der Waals surface area (Å²) < 4.78 is 99.3. The Labute approximate surface area is 252 Å². The number of likely N-dealkylation sites (tertiary alicyclic amines) is 1. The number of carbonyl (C=O) groups excluding carboxylic acids is 2. The molecule has 2 fully saturated rings. The molecule has 0 unspecified atom stereocenters. The smallest absolute Gasteiger partial charge is 0.416 e. The lowest BCUT2D eigenvalue weighted by Crippen LogP contribution is -2.40. The van der Waals surface area contributed by atoms with Crippen molar-refractivity contribution in [2.75, 3.05) is 19.7 Å². The second-order valence-electron chi connectivity index (χ2n) is 12.4. The van der Waals surface area contributed by atoms with E-state index in [1.54, 1.807) is 25.7 Å². The number of nitrogens with zero attached hydrogens (tertiary/aromatic N) is 1. The lowest BCUT2D eigenvalue weighted by Gasteiger charge is -2.41. The largest absolute Gasteiger partial charge is 0.464 e. The number of benzene rings is 2. The minimum absolute atomic E-state index is 0.0108. The molecule has 1 heterocycles. The summed E-state index contributed by atoms with van der Waals surface area (Å²) in [5.41, 5.74) is -2.65. The maximum atomic E-state index is 13.7. The van der Waals surface area contributed by atoms with Gasteiger partial charge in [0.05, 0.1) is 23.8 Å². The van der Waals surface area contributed by atoms with Crippen molar-refractivity contribution in [2.24, 2.45) is 11.8 Å². The molecule has 0 N–H and O–H groups in total. The van der Waals surface area contributed by atoms with Crippen molar-refractivity contribution >= 4 is 12.1 Å². The van der Waals surface area contributed by atoms with Crippen molar-refractivity contribution in [3.63, 3.8) is 0 Å². The Morgan fingerprint density at radius 3 is 2.09 bits per heavy atom. The molecule has 1 amide bonds. The highest BCUT2D eigenvalue weighted by Gasteiger charge is 2.49. The first-order valence-corrected chi connectivity index (χ1v) is 14.5. The predicted molar refractivity (Wildman–Crippen MR) is 149 cm³/mol. The van der Waals surface area contributed by atoms with Crippen LogP contribution in [-0.4, -0.2) is 48.4 Å². The highest BCUT2D eigenvalue weighted by Crippen LogP contribution is 2.49. The van der Waals surface area contributed by atoms with Crippen LogP contribution < -0.4 is 0 Å². The highest BCUT2D eigenvalue weighted by molar-refractivity contribution is 5.77. The summed E-state index contributed by atoms with van der Waals surface area (Å²) in [5, 5.41) is 0. The van der Waals surface area contributed by atoms with Crippen LogP contribution in [0.4, 0.5) is 31.1 Å². The van der Waals surface area contributed by atoms with Gasteiger partial charge in [-0.1, -0.05) is 24.3 Å². The van der Waals surface area contributed by atoms with Crippen molar-refractivity contribution < 1.29 is 50.1 Å². The number of fused-ring (bicyclic) bond motifs is 1. The van der Waals surface area contributed by atoms with Crippen LogP contribution in [0, 0.1) is 18.8 Å². The van der Waals surface area contributed by atoms with Gasteiger partial charge in [-0.05, 0) is 94.2 Å². The van der Waals surface area contributed by atoms with E-state index >= 15 is 0 Å². The zero-order valence-corrected chi connectivity index (χ0v) is 25.2. The molecule has 1 aliphatic carbocycles. The first-order chi connectivity index (χ1) is 20.4. The molecule has 5 atom stereocenters. The average molecular weight is 630 g/mol. The van der Waals surface area contributed by atoms with E-state index in [4.69, 9.17) is 14.2 Å². The summed E-state index contributed by atoms with van der Waals surface area (Å²) in [5.74, 6) is -1.64. The number of rotatable bonds is 6. The van der Waals surface area contributed by atoms with Gasteiger partial charge in [-0.2, -0.15) is 26.3 Å². The quantitative estimate of drug-likeness (QED) is 0.239. The Balaban J connectivity index is 1.76. The predicted octanol–water partition coefficient (Wildman–Crippen LogP) is 8.08. The van der Waals surface area contributed by atoms with Gasteiger partial charge in [0.25, 0.3) is 0 Å². The van der Waals surface area contributed by atoms with E-state index in [1.807, 2.05) is 31.2 Å². The zero-order valence-electron chi connectivity index (χ0n) is 25.2. The van der Waals surface area contributed by atoms with Gasteiger partial charge in [0.2, 0.25) is 0 Å². The second-order valence-corrected chi connectivity index (χ2v) is 12.4. The van der Waals surface area contributed by atoms with E-state index in [2.05, 4.69) is 0 Å². The average Bonchev–Trinajstić information content (AvgIpc) is 3.35. The van der Waals surface area contributed by atoms with Crippen LogP contribution in [0.25, 0.3) is 0 Å². The molecule has 0 spiro atoms. The van der Waals surface area contributed by atoms with E-state index in [0.29, 0.717) is 38.1 Å². The van der Waals surface area contributed by atoms with Crippen molar-refractivity contribution in [3.8, 4) is 0 Å². The van der Waals surface area contributed by atoms with Gasteiger partial charge in [-0.25, -0.2) is 9.59 Å². The Kier molecular flexibility index (Phi) is 9.63. The van der Waals surface area contributed by atoms with Crippen LogP contribution in [0.3, 0.4) is 0 Å². The van der Waals surface area contributed by atoms with Crippen LogP contribution in [0.1, 0.15) is 80.4 Å². The molecule has 1 saturated carbocycles. The molecular formula is C32H37F6NO5. The van der Waals surface area contributed by atoms with Gasteiger partial charge in [-0.15, -0.1) is 0 Å². The summed E-state index contributed by atoms with van der Waals surface area (Å²) in [6, 6.07) is 8.48. The molecule has 1 saturated heterocycles. The third-order valence-electron chi connectivity index (χ3n) is 8.10. The number of amides is 1. The molecule has 0 radical (unpaired) electrons. The van der Waals surface area contributed by atoms with E-state index in [9.17, 15) is 35.9 Å². The first-order valence-electron chi connectivity index (χ1n) is 14.5. The van der Waals surface area contributed by atoms with Gasteiger partial charge >= 0.3 is 24.4 Å². The van der Waals surface area contributed by atoms with E-state index in [1.165, 1.54) is 6.92 Å². The van der Waals surface area contributed by atoms with Gasteiger partial charge in [0, 0.05) is 19.0 Å².